The number of rotatable bonds is 5. The van der Waals surface area contributed by atoms with Crippen molar-refractivity contribution in [3.8, 4) is 22.3 Å². The SMILES string of the molecule is c1ccc(-c2ccc3cc(C4=NC(c5cc(-c6ccc7ccccc7c6)cc6oc7ccccc7c56)NC(c5ccc6ccccc6c5)=N4)ccc3c2)cc1. The minimum absolute atomic E-state index is 0.450. The first-order valence-corrected chi connectivity index (χ1v) is 18.7. The zero-order chi connectivity index (χ0) is 36.3. The number of para-hydroxylation sites is 1. The number of benzene rings is 9. The molecular formula is C51H33N3O. The lowest BCUT2D eigenvalue weighted by atomic mass is 9.95. The number of furan rings is 1. The van der Waals surface area contributed by atoms with E-state index in [0.29, 0.717) is 5.84 Å². The van der Waals surface area contributed by atoms with Crippen LogP contribution in [0.25, 0.3) is 76.5 Å². The fraction of sp³-hybridized carbons (Fsp3) is 0.0196. The lowest BCUT2D eigenvalue weighted by Gasteiger charge is -2.25. The normalized spacial score (nSPS) is 14.4. The Balaban J connectivity index is 1.10. The first-order chi connectivity index (χ1) is 27.2. The van der Waals surface area contributed by atoms with Gasteiger partial charge in [0.05, 0.1) is 0 Å². The summed E-state index contributed by atoms with van der Waals surface area (Å²) in [6.07, 6.45) is -0.450. The standard InChI is InChI=1S/C51H33N3O/c1-2-10-32(11-3-1)37-21-22-39-29-42(25-23-38(39)27-37)50-52-49(41-24-19-34-13-5-7-15-36(34)28-41)53-51(54-50)45-30-43(40-20-18-33-12-4-6-14-35(33)26-40)31-47-48(45)44-16-8-9-17-46(44)55-47/h1-31,51H,(H,52,53,54). The van der Waals surface area contributed by atoms with Gasteiger partial charge in [0.15, 0.2) is 5.84 Å². The van der Waals surface area contributed by atoms with Crippen molar-refractivity contribution < 1.29 is 4.42 Å². The van der Waals surface area contributed by atoms with E-state index in [1.165, 1.54) is 32.7 Å². The second-order valence-corrected chi connectivity index (χ2v) is 14.3. The Bertz CT molecular complexity index is 3190. The molecule has 55 heavy (non-hydrogen) atoms. The van der Waals surface area contributed by atoms with Crippen molar-refractivity contribution in [2.24, 2.45) is 9.98 Å². The van der Waals surface area contributed by atoms with Crippen molar-refractivity contribution in [1.82, 2.24) is 5.32 Å². The Labute approximate surface area is 317 Å². The molecule has 0 spiro atoms. The van der Waals surface area contributed by atoms with Crippen LogP contribution < -0.4 is 5.32 Å². The van der Waals surface area contributed by atoms with Gasteiger partial charge >= 0.3 is 0 Å². The van der Waals surface area contributed by atoms with Crippen molar-refractivity contribution >= 4 is 65.9 Å². The van der Waals surface area contributed by atoms with Gasteiger partial charge in [-0.2, -0.15) is 0 Å². The summed E-state index contributed by atoms with van der Waals surface area (Å²) in [5.74, 6) is 1.45. The number of hydrogen-bond donors (Lipinski definition) is 1. The third-order valence-corrected chi connectivity index (χ3v) is 10.9. The minimum Gasteiger partial charge on any atom is -0.456 e. The molecule has 0 radical (unpaired) electrons. The van der Waals surface area contributed by atoms with Crippen molar-refractivity contribution in [2.75, 3.05) is 0 Å². The molecule has 0 aliphatic carbocycles. The highest BCUT2D eigenvalue weighted by atomic mass is 16.3. The van der Waals surface area contributed by atoms with Crippen LogP contribution in [0.2, 0.25) is 0 Å². The molecular weight excluding hydrogens is 671 g/mol. The molecule has 0 amide bonds. The van der Waals surface area contributed by atoms with Crippen LogP contribution in [0.3, 0.4) is 0 Å². The number of amidine groups is 2. The zero-order valence-corrected chi connectivity index (χ0v) is 29.8. The first kappa shape index (κ1) is 31.2. The Kier molecular flexibility index (Phi) is 7.20. The molecule has 4 nitrogen and oxygen atoms in total. The third kappa shape index (κ3) is 5.55. The summed E-state index contributed by atoms with van der Waals surface area (Å²) in [5.41, 5.74) is 9.26. The molecule has 258 valence electrons. The average molecular weight is 704 g/mol. The summed E-state index contributed by atoms with van der Waals surface area (Å²) in [5, 5.41) is 13.0. The molecule has 0 saturated heterocycles. The maximum atomic E-state index is 6.59. The molecule has 0 bridgehead atoms. The molecule has 4 heteroatoms. The van der Waals surface area contributed by atoms with Gasteiger partial charge in [0, 0.05) is 27.5 Å². The number of aliphatic imine (C=N–C) groups is 2. The summed E-state index contributed by atoms with van der Waals surface area (Å²) >= 11 is 0. The summed E-state index contributed by atoms with van der Waals surface area (Å²) in [7, 11) is 0. The van der Waals surface area contributed by atoms with Crippen molar-refractivity contribution in [3.63, 3.8) is 0 Å². The van der Waals surface area contributed by atoms with Crippen LogP contribution in [-0.4, -0.2) is 11.7 Å². The van der Waals surface area contributed by atoms with Gasteiger partial charge in [-0.15, -0.1) is 0 Å². The molecule has 1 unspecified atom stereocenters. The van der Waals surface area contributed by atoms with Crippen LogP contribution in [-0.2, 0) is 0 Å². The van der Waals surface area contributed by atoms with Crippen molar-refractivity contribution in [2.45, 2.75) is 6.17 Å². The molecule has 1 aliphatic rings. The van der Waals surface area contributed by atoms with Gasteiger partial charge in [-0.25, -0.2) is 9.98 Å². The van der Waals surface area contributed by atoms with Crippen LogP contribution in [0.1, 0.15) is 22.9 Å². The highest BCUT2D eigenvalue weighted by Crippen LogP contribution is 2.40. The molecule has 0 saturated carbocycles. The second-order valence-electron chi connectivity index (χ2n) is 14.3. The lowest BCUT2D eigenvalue weighted by Crippen LogP contribution is -2.33. The third-order valence-electron chi connectivity index (χ3n) is 10.9. The Morgan fingerprint density at radius 1 is 0.400 bits per heavy atom. The predicted octanol–water partition coefficient (Wildman–Crippen LogP) is 12.9. The summed E-state index contributed by atoms with van der Waals surface area (Å²) in [6, 6.07) is 66.5. The van der Waals surface area contributed by atoms with Crippen LogP contribution in [0.5, 0.6) is 0 Å². The maximum Gasteiger partial charge on any atom is 0.159 e. The Morgan fingerprint density at radius 3 is 1.69 bits per heavy atom. The fourth-order valence-corrected chi connectivity index (χ4v) is 8.05. The first-order valence-electron chi connectivity index (χ1n) is 18.7. The smallest absolute Gasteiger partial charge is 0.159 e. The molecule has 0 fully saturated rings. The van der Waals surface area contributed by atoms with E-state index in [9.17, 15) is 0 Å². The highest BCUT2D eigenvalue weighted by Gasteiger charge is 2.26. The molecule has 11 rings (SSSR count). The minimum atomic E-state index is -0.450. The van der Waals surface area contributed by atoms with Gasteiger partial charge in [0.25, 0.3) is 0 Å². The quantitative estimate of drug-likeness (QED) is 0.194. The van der Waals surface area contributed by atoms with Gasteiger partial charge in [-0.05, 0) is 97.0 Å². The van der Waals surface area contributed by atoms with Crippen molar-refractivity contribution in [1.29, 1.82) is 0 Å². The zero-order valence-electron chi connectivity index (χ0n) is 29.8. The van der Waals surface area contributed by atoms with Crippen LogP contribution in [0, 0.1) is 0 Å². The molecule has 1 N–H and O–H groups in total. The molecule has 1 aromatic heterocycles. The van der Waals surface area contributed by atoms with Crippen molar-refractivity contribution in [3.05, 3.63) is 205 Å². The molecule has 9 aromatic carbocycles. The predicted molar refractivity (Wildman–Crippen MR) is 229 cm³/mol. The van der Waals surface area contributed by atoms with E-state index in [-0.39, 0.29) is 0 Å². The molecule has 1 aliphatic heterocycles. The largest absolute Gasteiger partial charge is 0.456 e. The Morgan fingerprint density at radius 2 is 0.945 bits per heavy atom. The van der Waals surface area contributed by atoms with Gasteiger partial charge in [-0.1, -0.05) is 146 Å². The fourth-order valence-electron chi connectivity index (χ4n) is 8.05. The van der Waals surface area contributed by atoms with E-state index < -0.39 is 6.17 Å². The topological polar surface area (TPSA) is 49.9 Å². The van der Waals surface area contributed by atoms with E-state index in [1.807, 2.05) is 12.1 Å². The number of nitrogens with zero attached hydrogens (tertiary/aromatic N) is 2. The van der Waals surface area contributed by atoms with Gasteiger partial charge in [0.2, 0.25) is 0 Å². The van der Waals surface area contributed by atoms with E-state index >= 15 is 0 Å². The van der Waals surface area contributed by atoms with E-state index in [0.717, 1.165) is 66.4 Å². The number of nitrogens with one attached hydrogen (secondary N) is 1. The molecule has 10 aromatic rings. The second kappa shape index (κ2) is 12.7. The van der Waals surface area contributed by atoms with Gasteiger partial charge in [0.1, 0.15) is 23.2 Å². The Hall–Kier alpha value is -7.30. The number of hydrogen-bond acceptors (Lipinski definition) is 4. The maximum absolute atomic E-state index is 6.59. The average Bonchev–Trinajstić information content (AvgIpc) is 3.64. The molecule has 1 atom stereocenters. The van der Waals surface area contributed by atoms with Crippen LogP contribution in [0.15, 0.2) is 202 Å². The summed E-state index contributed by atoms with van der Waals surface area (Å²) in [6.45, 7) is 0. The summed E-state index contributed by atoms with van der Waals surface area (Å²) < 4.78 is 6.59. The van der Waals surface area contributed by atoms with Gasteiger partial charge in [-0.3, -0.25) is 0 Å². The lowest BCUT2D eigenvalue weighted by molar-refractivity contribution is 0.662. The van der Waals surface area contributed by atoms with E-state index in [2.05, 4.69) is 181 Å². The monoisotopic (exact) mass is 703 g/mol. The highest BCUT2D eigenvalue weighted by molar-refractivity contribution is 6.15. The van der Waals surface area contributed by atoms with E-state index in [4.69, 9.17) is 14.4 Å². The van der Waals surface area contributed by atoms with Crippen LogP contribution >= 0.6 is 0 Å². The van der Waals surface area contributed by atoms with Gasteiger partial charge < -0.3 is 9.73 Å². The summed E-state index contributed by atoms with van der Waals surface area (Å²) in [4.78, 5) is 10.7. The van der Waals surface area contributed by atoms with E-state index in [1.54, 1.807) is 0 Å². The number of fused-ring (bicyclic) bond motifs is 6. The van der Waals surface area contributed by atoms with Crippen LogP contribution in [0.4, 0.5) is 0 Å². The molecule has 2 heterocycles.